The van der Waals surface area contributed by atoms with Crippen molar-refractivity contribution in [1.29, 1.82) is 0 Å². The van der Waals surface area contributed by atoms with E-state index in [0.717, 1.165) is 17.3 Å². The number of ether oxygens (including phenoxy) is 1. The molecule has 1 aromatic carbocycles. The number of β-amino-alcohol motifs (C(OH)–C–C–N with tert-alkyl or cyclic N) is 1. The summed E-state index contributed by atoms with van der Waals surface area (Å²) in [5.41, 5.74) is 0. The SMILES string of the molecule is CC(Oc1ccccc1Br)C(=O)N1CCCC(O)C1. The van der Waals surface area contributed by atoms with Crippen LogP contribution < -0.4 is 4.74 Å². The molecule has 1 aliphatic heterocycles. The van der Waals surface area contributed by atoms with Gasteiger partial charge in [-0.05, 0) is 47.8 Å². The topological polar surface area (TPSA) is 49.8 Å². The standard InChI is InChI=1S/C14H18BrNO3/c1-10(19-13-7-3-2-6-12(13)15)14(18)16-8-4-5-11(17)9-16/h2-3,6-7,10-11,17H,4-5,8-9H2,1H3. The van der Waals surface area contributed by atoms with Crippen molar-refractivity contribution in [3.05, 3.63) is 28.7 Å². The van der Waals surface area contributed by atoms with E-state index in [0.29, 0.717) is 18.8 Å². The van der Waals surface area contributed by atoms with Crippen molar-refractivity contribution < 1.29 is 14.6 Å². The van der Waals surface area contributed by atoms with Crippen molar-refractivity contribution in [2.24, 2.45) is 0 Å². The quantitative estimate of drug-likeness (QED) is 0.925. The van der Waals surface area contributed by atoms with Gasteiger partial charge in [-0.15, -0.1) is 0 Å². The molecule has 4 nitrogen and oxygen atoms in total. The minimum Gasteiger partial charge on any atom is -0.480 e. The largest absolute Gasteiger partial charge is 0.480 e. The van der Waals surface area contributed by atoms with Crippen molar-refractivity contribution >= 4 is 21.8 Å². The summed E-state index contributed by atoms with van der Waals surface area (Å²) in [4.78, 5) is 13.9. The fraction of sp³-hybridized carbons (Fsp3) is 0.500. The summed E-state index contributed by atoms with van der Waals surface area (Å²) >= 11 is 3.39. The number of benzene rings is 1. The Hall–Kier alpha value is -1.07. The third kappa shape index (κ3) is 3.70. The molecular formula is C14H18BrNO3. The second-order valence-electron chi connectivity index (χ2n) is 4.77. The molecular weight excluding hydrogens is 310 g/mol. The number of halogens is 1. The molecule has 1 N–H and O–H groups in total. The second-order valence-corrected chi connectivity index (χ2v) is 5.63. The van der Waals surface area contributed by atoms with Crippen LogP contribution in [-0.4, -0.2) is 41.2 Å². The van der Waals surface area contributed by atoms with Crippen LogP contribution in [0.25, 0.3) is 0 Å². The number of piperidine rings is 1. The number of rotatable bonds is 3. The maximum absolute atomic E-state index is 12.2. The first-order valence-corrected chi connectivity index (χ1v) is 7.25. The number of aliphatic hydroxyl groups is 1. The Morgan fingerprint density at radius 3 is 2.95 bits per heavy atom. The molecule has 0 aliphatic carbocycles. The van der Waals surface area contributed by atoms with Crippen LogP contribution in [0.1, 0.15) is 19.8 Å². The molecule has 1 fully saturated rings. The summed E-state index contributed by atoms with van der Waals surface area (Å²) < 4.78 is 6.50. The van der Waals surface area contributed by atoms with Gasteiger partial charge < -0.3 is 14.7 Å². The molecule has 0 radical (unpaired) electrons. The van der Waals surface area contributed by atoms with Crippen LogP contribution in [0.2, 0.25) is 0 Å². The van der Waals surface area contributed by atoms with Crippen molar-refractivity contribution in [1.82, 2.24) is 4.90 Å². The van der Waals surface area contributed by atoms with Gasteiger partial charge in [0.1, 0.15) is 5.75 Å². The lowest BCUT2D eigenvalue weighted by Gasteiger charge is -2.32. The third-order valence-electron chi connectivity index (χ3n) is 3.20. The van der Waals surface area contributed by atoms with Gasteiger partial charge in [0.25, 0.3) is 5.91 Å². The van der Waals surface area contributed by atoms with Crippen LogP contribution in [-0.2, 0) is 4.79 Å². The minimum atomic E-state index is -0.552. The van der Waals surface area contributed by atoms with E-state index in [-0.39, 0.29) is 5.91 Å². The van der Waals surface area contributed by atoms with Crippen molar-refractivity contribution in [3.8, 4) is 5.75 Å². The Bertz CT molecular complexity index is 452. The molecule has 5 heteroatoms. The maximum Gasteiger partial charge on any atom is 0.263 e. The molecule has 2 rings (SSSR count). The van der Waals surface area contributed by atoms with Gasteiger partial charge >= 0.3 is 0 Å². The summed E-state index contributed by atoms with van der Waals surface area (Å²) in [6, 6.07) is 7.45. The van der Waals surface area contributed by atoms with Crippen molar-refractivity contribution in [2.45, 2.75) is 32.0 Å². The Morgan fingerprint density at radius 1 is 1.53 bits per heavy atom. The zero-order chi connectivity index (χ0) is 13.8. The molecule has 0 aromatic heterocycles. The van der Waals surface area contributed by atoms with Crippen LogP contribution in [0.15, 0.2) is 28.7 Å². The fourth-order valence-corrected chi connectivity index (χ4v) is 2.57. The smallest absolute Gasteiger partial charge is 0.263 e. The van der Waals surface area contributed by atoms with Crippen LogP contribution in [0.5, 0.6) is 5.75 Å². The van der Waals surface area contributed by atoms with E-state index in [1.54, 1.807) is 11.8 Å². The summed E-state index contributed by atoms with van der Waals surface area (Å²) in [6.07, 6.45) is 0.648. The minimum absolute atomic E-state index is 0.0745. The van der Waals surface area contributed by atoms with Gasteiger partial charge in [0.05, 0.1) is 10.6 Å². The zero-order valence-corrected chi connectivity index (χ0v) is 12.5. The van der Waals surface area contributed by atoms with Gasteiger partial charge in [0, 0.05) is 13.1 Å². The zero-order valence-electron chi connectivity index (χ0n) is 10.9. The average Bonchev–Trinajstić information content (AvgIpc) is 2.40. The molecule has 2 atom stereocenters. The Labute approximate surface area is 121 Å². The van der Waals surface area contributed by atoms with E-state index < -0.39 is 12.2 Å². The van der Waals surface area contributed by atoms with Crippen LogP contribution in [0.3, 0.4) is 0 Å². The maximum atomic E-state index is 12.2. The summed E-state index contributed by atoms with van der Waals surface area (Å²) in [5.74, 6) is 0.579. The molecule has 0 bridgehead atoms. The number of hydrogen-bond donors (Lipinski definition) is 1. The molecule has 1 heterocycles. The molecule has 1 aromatic rings. The fourth-order valence-electron chi connectivity index (χ4n) is 2.19. The lowest BCUT2D eigenvalue weighted by molar-refractivity contribution is -0.141. The van der Waals surface area contributed by atoms with Crippen molar-refractivity contribution in [2.75, 3.05) is 13.1 Å². The van der Waals surface area contributed by atoms with E-state index in [9.17, 15) is 9.90 Å². The molecule has 2 unspecified atom stereocenters. The van der Waals surface area contributed by atoms with Gasteiger partial charge in [-0.25, -0.2) is 0 Å². The summed E-state index contributed by atoms with van der Waals surface area (Å²) in [6.45, 7) is 2.84. The Morgan fingerprint density at radius 2 is 2.26 bits per heavy atom. The van der Waals surface area contributed by atoms with Crippen LogP contribution >= 0.6 is 15.9 Å². The Kier molecular flexibility index (Phi) is 4.82. The first kappa shape index (κ1) is 14.3. The normalized spacial score (nSPS) is 21.0. The van der Waals surface area contributed by atoms with E-state index in [1.165, 1.54) is 0 Å². The highest BCUT2D eigenvalue weighted by Gasteiger charge is 2.27. The predicted molar refractivity (Wildman–Crippen MR) is 76.1 cm³/mol. The molecule has 1 saturated heterocycles. The summed E-state index contributed by atoms with van der Waals surface area (Å²) in [7, 11) is 0. The first-order chi connectivity index (χ1) is 9.08. The number of likely N-dealkylation sites (tertiary alicyclic amines) is 1. The lowest BCUT2D eigenvalue weighted by atomic mass is 10.1. The van der Waals surface area contributed by atoms with Gasteiger partial charge in [-0.1, -0.05) is 12.1 Å². The van der Waals surface area contributed by atoms with Gasteiger partial charge in [0.2, 0.25) is 0 Å². The molecule has 0 spiro atoms. The van der Waals surface area contributed by atoms with Gasteiger partial charge in [-0.2, -0.15) is 0 Å². The predicted octanol–water partition coefficient (Wildman–Crippen LogP) is 2.20. The highest BCUT2D eigenvalue weighted by molar-refractivity contribution is 9.10. The van der Waals surface area contributed by atoms with Crippen LogP contribution in [0, 0.1) is 0 Å². The molecule has 104 valence electrons. The monoisotopic (exact) mass is 327 g/mol. The number of carbonyl (C=O) groups is 1. The third-order valence-corrected chi connectivity index (χ3v) is 3.85. The lowest BCUT2D eigenvalue weighted by Crippen LogP contribution is -2.47. The van der Waals surface area contributed by atoms with Gasteiger partial charge in [0.15, 0.2) is 6.10 Å². The number of nitrogens with zero attached hydrogens (tertiary/aromatic N) is 1. The number of hydrogen-bond acceptors (Lipinski definition) is 3. The molecule has 19 heavy (non-hydrogen) atoms. The summed E-state index contributed by atoms with van der Waals surface area (Å²) in [5, 5.41) is 9.60. The highest BCUT2D eigenvalue weighted by Crippen LogP contribution is 2.25. The number of para-hydroxylation sites is 1. The van der Waals surface area contributed by atoms with Gasteiger partial charge in [-0.3, -0.25) is 4.79 Å². The molecule has 0 saturated carbocycles. The first-order valence-electron chi connectivity index (χ1n) is 6.46. The number of carbonyl (C=O) groups excluding carboxylic acids is 1. The number of amides is 1. The van der Waals surface area contributed by atoms with E-state index in [4.69, 9.17) is 4.74 Å². The van der Waals surface area contributed by atoms with Crippen molar-refractivity contribution in [3.63, 3.8) is 0 Å². The highest BCUT2D eigenvalue weighted by atomic mass is 79.9. The van der Waals surface area contributed by atoms with E-state index >= 15 is 0 Å². The molecule has 1 aliphatic rings. The Balaban J connectivity index is 1.97. The average molecular weight is 328 g/mol. The molecule has 1 amide bonds. The van der Waals surface area contributed by atoms with E-state index in [2.05, 4.69) is 15.9 Å². The van der Waals surface area contributed by atoms with E-state index in [1.807, 2.05) is 24.3 Å². The van der Waals surface area contributed by atoms with Crippen LogP contribution in [0.4, 0.5) is 0 Å². The second kappa shape index (κ2) is 6.39. The number of aliphatic hydroxyl groups excluding tert-OH is 1.